The molecule has 0 radical (unpaired) electrons. The Bertz CT molecular complexity index is 759. The van der Waals surface area contributed by atoms with Crippen molar-refractivity contribution in [2.75, 3.05) is 19.7 Å². The van der Waals surface area contributed by atoms with Crippen LogP contribution < -0.4 is 15.4 Å². The predicted molar refractivity (Wildman–Crippen MR) is 102 cm³/mol. The summed E-state index contributed by atoms with van der Waals surface area (Å²) in [7, 11) is 0. The van der Waals surface area contributed by atoms with Gasteiger partial charge in [-0.3, -0.25) is 14.4 Å². The van der Waals surface area contributed by atoms with Gasteiger partial charge in [0.25, 0.3) is 5.91 Å². The molecule has 1 heterocycles. The molecule has 1 aromatic carbocycles. The molecule has 0 fully saturated rings. The summed E-state index contributed by atoms with van der Waals surface area (Å²) in [6, 6.07) is 10.6. The highest BCUT2D eigenvalue weighted by atomic mass is 32.1. The smallest absolute Gasteiger partial charge is 0.308 e. The first-order valence-electron chi connectivity index (χ1n) is 8.52. The standard InChI is InChI=1S/C19H22N2O5S/c1-2-26-15-7-5-13(6-8-15)10-14(19(24)25)11-20-17(22)12-21-18(23)16-4-3-9-27-16/h3-9,14H,2,10-12H2,1H3,(H,20,22)(H,21,23)(H,24,25). The van der Waals surface area contributed by atoms with Crippen LogP contribution in [0.3, 0.4) is 0 Å². The molecule has 7 nitrogen and oxygen atoms in total. The molecule has 0 saturated carbocycles. The Morgan fingerprint density at radius 3 is 2.48 bits per heavy atom. The molecule has 2 aromatic rings. The Kier molecular flexibility index (Phi) is 7.81. The number of rotatable bonds is 10. The van der Waals surface area contributed by atoms with E-state index in [0.29, 0.717) is 11.5 Å². The first-order valence-corrected chi connectivity index (χ1v) is 9.40. The van der Waals surface area contributed by atoms with E-state index in [2.05, 4.69) is 10.6 Å². The number of carbonyl (C=O) groups excluding carboxylic acids is 2. The maximum absolute atomic E-state index is 11.9. The van der Waals surface area contributed by atoms with Crippen LogP contribution in [0, 0.1) is 5.92 Å². The van der Waals surface area contributed by atoms with Crippen molar-refractivity contribution in [1.82, 2.24) is 10.6 Å². The van der Waals surface area contributed by atoms with Crippen molar-refractivity contribution in [3.8, 4) is 5.75 Å². The molecule has 0 saturated heterocycles. The summed E-state index contributed by atoms with van der Waals surface area (Å²) in [5.74, 6) is -1.79. The van der Waals surface area contributed by atoms with Crippen molar-refractivity contribution >= 4 is 29.1 Å². The number of carboxylic acid groups (broad SMARTS) is 1. The fraction of sp³-hybridized carbons (Fsp3) is 0.316. The molecule has 0 aliphatic carbocycles. The topological polar surface area (TPSA) is 105 Å². The highest BCUT2D eigenvalue weighted by Crippen LogP contribution is 2.15. The van der Waals surface area contributed by atoms with Crippen molar-refractivity contribution in [2.45, 2.75) is 13.3 Å². The van der Waals surface area contributed by atoms with E-state index in [4.69, 9.17) is 4.74 Å². The average Bonchev–Trinajstić information content (AvgIpc) is 3.19. The van der Waals surface area contributed by atoms with Gasteiger partial charge >= 0.3 is 5.97 Å². The fourth-order valence-electron chi connectivity index (χ4n) is 2.37. The molecular formula is C19H22N2O5S. The van der Waals surface area contributed by atoms with E-state index in [1.807, 2.05) is 19.1 Å². The van der Waals surface area contributed by atoms with Gasteiger partial charge in [-0.05, 0) is 42.5 Å². The van der Waals surface area contributed by atoms with Gasteiger partial charge in [0.15, 0.2) is 0 Å². The number of aliphatic carboxylic acids is 1. The zero-order chi connectivity index (χ0) is 19.6. The molecule has 2 rings (SSSR count). The van der Waals surface area contributed by atoms with E-state index in [1.54, 1.807) is 29.6 Å². The minimum atomic E-state index is -0.994. The van der Waals surface area contributed by atoms with E-state index in [9.17, 15) is 19.5 Å². The SMILES string of the molecule is CCOc1ccc(CC(CNC(=O)CNC(=O)c2cccs2)C(=O)O)cc1. The molecule has 8 heteroatoms. The Balaban J connectivity index is 1.80. The lowest BCUT2D eigenvalue weighted by atomic mass is 9.99. The van der Waals surface area contributed by atoms with Gasteiger partial charge < -0.3 is 20.5 Å². The third-order valence-corrected chi connectivity index (χ3v) is 4.63. The van der Waals surface area contributed by atoms with Crippen LogP contribution in [-0.4, -0.2) is 42.6 Å². The highest BCUT2D eigenvalue weighted by molar-refractivity contribution is 7.12. The summed E-state index contributed by atoms with van der Waals surface area (Å²) in [6.07, 6.45) is 0.281. The summed E-state index contributed by atoms with van der Waals surface area (Å²) >= 11 is 1.28. The molecule has 0 aliphatic heterocycles. The maximum Gasteiger partial charge on any atom is 0.308 e. The number of nitrogens with one attached hydrogen (secondary N) is 2. The molecule has 27 heavy (non-hydrogen) atoms. The summed E-state index contributed by atoms with van der Waals surface area (Å²) in [5, 5.41) is 16.2. The van der Waals surface area contributed by atoms with Gasteiger partial charge in [0.05, 0.1) is 23.9 Å². The lowest BCUT2D eigenvalue weighted by Crippen LogP contribution is -2.40. The molecular weight excluding hydrogens is 368 g/mol. The van der Waals surface area contributed by atoms with Crippen molar-refractivity contribution in [2.24, 2.45) is 5.92 Å². The lowest BCUT2D eigenvalue weighted by Gasteiger charge is -2.14. The monoisotopic (exact) mass is 390 g/mol. The summed E-state index contributed by atoms with van der Waals surface area (Å²) in [4.78, 5) is 35.6. The van der Waals surface area contributed by atoms with Gasteiger partial charge in [-0.25, -0.2) is 0 Å². The second-order valence-electron chi connectivity index (χ2n) is 5.78. The number of benzene rings is 1. The Morgan fingerprint density at radius 1 is 1.15 bits per heavy atom. The third kappa shape index (κ3) is 6.74. The van der Waals surface area contributed by atoms with Crippen LogP contribution in [0.2, 0.25) is 0 Å². The van der Waals surface area contributed by atoms with Crippen LogP contribution in [0.25, 0.3) is 0 Å². The third-order valence-electron chi connectivity index (χ3n) is 3.77. The zero-order valence-corrected chi connectivity index (χ0v) is 15.8. The molecule has 1 unspecified atom stereocenters. The molecule has 3 N–H and O–H groups in total. The molecule has 0 spiro atoms. The van der Waals surface area contributed by atoms with Gasteiger partial charge in [0.2, 0.25) is 5.91 Å². The van der Waals surface area contributed by atoms with Gasteiger partial charge in [0, 0.05) is 6.54 Å². The largest absolute Gasteiger partial charge is 0.494 e. The van der Waals surface area contributed by atoms with Crippen molar-refractivity contribution in [1.29, 1.82) is 0 Å². The van der Waals surface area contributed by atoms with Crippen LogP contribution in [0.1, 0.15) is 22.2 Å². The molecule has 0 aliphatic rings. The highest BCUT2D eigenvalue weighted by Gasteiger charge is 2.19. The second-order valence-corrected chi connectivity index (χ2v) is 6.73. The first-order chi connectivity index (χ1) is 13.0. The number of carboxylic acids is 1. The molecule has 1 atom stereocenters. The van der Waals surface area contributed by atoms with E-state index in [-0.39, 0.29) is 25.4 Å². The lowest BCUT2D eigenvalue weighted by molar-refractivity contribution is -0.141. The molecule has 144 valence electrons. The number of hydrogen-bond acceptors (Lipinski definition) is 5. The number of thiophene rings is 1. The Morgan fingerprint density at radius 2 is 1.89 bits per heavy atom. The van der Waals surface area contributed by atoms with Crippen LogP contribution >= 0.6 is 11.3 Å². The number of ether oxygens (including phenoxy) is 1. The maximum atomic E-state index is 11.9. The average molecular weight is 390 g/mol. The molecule has 0 bridgehead atoms. The van der Waals surface area contributed by atoms with Gasteiger partial charge in [-0.1, -0.05) is 18.2 Å². The van der Waals surface area contributed by atoms with E-state index < -0.39 is 17.8 Å². The fourth-order valence-corrected chi connectivity index (χ4v) is 3.01. The van der Waals surface area contributed by atoms with Crippen LogP contribution in [0.5, 0.6) is 5.75 Å². The van der Waals surface area contributed by atoms with E-state index >= 15 is 0 Å². The van der Waals surface area contributed by atoms with Crippen molar-refractivity contribution in [3.63, 3.8) is 0 Å². The first kappa shape index (κ1) is 20.4. The number of carbonyl (C=O) groups is 3. The normalized spacial score (nSPS) is 11.4. The quantitative estimate of drug-likeness (QED) is 0.575. The van der Waals surface area contributed by atoms with Crippen molar-refractivity contribution < 1.29 is 24.2 Å². The minimum Gasteiger partial charge on any atom is -0.494 e. The van der Waals surface area contributed by atoms with E-state index in [0.717, 1.165) is 11.3 Å². The summed E-state index contributed by atoms with van der Waals surface area (Å²) in [6.45, 7) is 2.23. The van der Waals surface area contributed by atoms with Crippen LogP contribution in [0.15, 0.2) is 41.8 Å². The van der Waals surface area contributed by atoms with Crippen molar-refractivity contribution in [3.05, 3.63) is 52.2 Å². The number of amides is 2. The van der Waals surface area contributed by atoms with Gasteiger partial charge in [-0.15, -0.1) is 11.3 Å². The number of hydrogen-bond donors (Lipinski definition) is 3. The second kappa shape index (κ2) is 10.3. The van der Waals surface area contributed by atoms with Crippen LogP contribution in [-0.2, 0) is 16.0 Å². The zero-order valence-electron chi connectivity index (χ0n) is 14.9. The predicted octanol–water partition coefficient (Wildman–Crippen LogP) is 1.94. The Labute approximate surface area is 161 Å². The molecule has 1 aromatic heterocycles. The minimum absolute atomic E-state index is 0.0176. The summed E-state index contributed by atoms with van der Waals surface area (Å²) in [5.41, 5.74) is 0.839. The summed E-state index contributed by atoms with van der Waals surface area (Å²) < 4.78 is 5.36. The van der Waals surface area contributed by atoms with Crippen LogP contribution in [0.4, 0.5) is 0 Å². The van der Waals surface area contributed by atoms with E-state index in [1.165, 1.54) is 11.3 Å². The van der Waals surface area contributed by atoms with Gasteiger partial charge in [0.1, 0.15) is 5.75 Å². The van der Waals surface area contributed by atoms with Gasteiger partial charge in [-0.2, -0.15) is 0 Å². The Hall–Kier alpha value is -2.87. The molecule has 2 amide bonds.